The second kappa shape index (κ2) is 9.25. The van der Waals surface area contributed by atoms with Crippen LogP contribution in [0.15, 0.2) is 66.9 Å². The summed E-state index contributed by atoms with van der Waals surface area (Å²) in [7, 11) is 0. The van der Waals surface area contributed by atoms with Crippen LogP contribution in [-0.2, 0) is 17.8 Å². The topological polar surface area (TPSA) is 126 Å². The van der Waals surface area contributed by atoms with E-state index in [2.05, 4.69) is 25.6 Å². The number of nitrogen functional groups attached to an aromatic ring is 1. The summed E-state index contributed by atoms with van der Waals surface area (Å²) in [6, 6.07) is 15.5. The molecule has 2 heterocycles. The first-order valence-corrected chi connectivity index (χ1v) is 9.96. The van der Waals surface area contributed by atoms with Gasteiger partial charge in [0.05, 0.1) is 11.0 Å². The Bertz CT molecular complexity index is 1200. The highest BCUT2D eigenvalue weighted by molar-refractivity contribution is 5.97. The van der Waals surface area contributed by atoms with Crippen molar-refractivity contribution in [3.8, 4) is 0 Å². The highest BCUT2D eigenvalue weighted by atomic mass is 19.1. The third-order valence-corrected chi connectivity index (χ3v) is 4.89. The Balaban J connectivity index is 1.50. The summed E-state index contributed by atoms with van der Waals surface area (Å²) in [5, 5.41) is 5.52. The van der Waals surface area contributed by atoms with E-state index in [9.17, 15) is 14.0 Å². The monoisotopic (exact) mass is 432 g/mol. The third kappa shape index (κ3) is 5.07. The van der Waals surface area contributed by atoms with Gasteiger partial charge in [-0.25, -0.2) is 14.4 Å². The van der Waals surface area contributed by atoms with Crippen molar-refractivity contribution >= 4 is 28.7 Å². The van der Waals surface area contributed by atoms with Gasteiger partial charge in [0.2, 0.25) is 5.91 Å². The number of fused-ring (bicyclic) bond motifs is 1. The zero-order valence-corrected chi connectivity index (χ0v) is 17.0. The first kappa shape index (κ1) is 21.0. The molecule has 0 aliphatic rings. The number of nitrogens with zero attached hydrogens (tertiary/aromatic N) is 2. The van der Waals surface area contributed by atoms with Gasteiger partial charge >= 0.3 is 0 Å². The maximum absolute atomic E-state index is 13.3. The van der Waals surface area contributed by atoms with Gasteiger partial charge in [-0.15, -0.1) is 0 Å². The van der Waals surface area contributed by atoms with E-state index in [-0.39, 0.29) is 24.6 Å². The van der Waals surface area contributed by atoms with Gasteiger partial charge < -0.3 is 21.4 Å². The predicted molar refractivity (Wildman–Crippen MR) is 118 cm³/mol. The number of nitrogens with two attached hydrogens (primary N) is 1. The SMILES string of the molecule is Nc1ccc(CNC(=O)[C@H](Cc2ccc(F)cc2)NC(=O)c2nc3ccccc3[nH]2)cn1. The van der Waals surface area contributed by atoms with Crippen LogP contribution in [0.2, 0.25) is 0 Å². The maximum atomic E-state index is 13.3. The molecule has 0 aliphatic heterocycles. The molecule has 0 fully saturated rings. The lowest BCUT2D eigenvalue weighted by Gasteiger charge is -2.18. The molecule has 0 unspecified atom stereocenters. The molecule has 162 valence electrons. The van der Waals surface area contributed by atoms with E-state index in [0.717, 1.165) is 5.56 Å². The number of nitrogens with one attached hydrogen (secondary N) is 3. The zero-order chi connectivity index (χ0) is 22.5. The highest BCUT2D eigenvalue weighted by Gasteiger charge is 2.23. The van der Waals surface area contributed by atoms with Crippen molar-refractivity contribution < 1.29 is 14.0 Å². The van der Waals surface area contributed by atoms with Crippen molar-refractivity contribution in [3.63, 3.8) is 0 Å². The van der Waals surface area contributed by atoms with Crippen LogP contribution in [0, 0.1) is 5.82 Å². The molecule has 0 spiro atoms. The Kier molecular flexibility index (Phi) is 6.07. The fraction of sp³-hybridized carbons (Fsp3) is 0.130. The average Bonchev–Trinajstić information content (AvgIpc) is 3.24. The molecule has 1 atom stereocenters. The molecule has 2 aromatic heterocycles. The molecule has 0 saturated heterocycles. The second-order valence-corrected chi connectivity index (χ2v) is 7.27. The van der Waals surface area contributed by atoms with Crippen molar-refractivity contribution in [3.05, 3.63) is 89.6 Å². The van der Waals surface area contributed by atoms with Gasteiger partial charge in [0.25, 0.3) is 5.91 Å². The molecular formula is C23H21FN6O2. The fourth-order valence-electron chi connectivity index (χ4n) is 3.21. The largest absolute Gasteiger partial charge is 0.384 e. The number of pyridine rings is 1. The number of benzene rings is 2. The van der Waals surface area contributed by atoms with Crippen LogP contribution >= 0.6 is 0 Å². The van der Waals surface area contributed by atoms with Crippen LogP contribution in [0.4, 0.5) is 10.2 Å². The van der Waals surface area contributed by atoms with Crippen LogP contribution in [0.3, 0.4) is 0 Å². The van der Waals surface area contributed by atoms with Gasteiger partial charge in [0.1, 0.15) is 17.7 Å². The molecule has 8 nitrogen and oxygen atoms in total. The van der Waals surface area contributed by atoms with Crippen LogP contribution in [-0.4, -0.2) is 32.8 Å². The van der Waals surface area contributed by atoms with Crippen LogP contribution in [0.25, 0.3) is 11.0 Å². The second-order valence-electron chi connectivity index (χ2n) is 7.27. The molecule has 9 heteroatoms. The van der Waals surface area contributed by atoms with Gasteiger partial charge in [-0.1, -0.05) is 30.3 Å². The Labute approximate surface area is 183 Å². The first-order valence-electron chi connectivity index (χ1n) is 9.96. The van der Waals surface area contributed by atoms with Crippen LogP contribution in [0.5, 0.6) is 0 Å². The minimum absolute atomic E-state index is 0.103. The van der Waals surface area contributed by atoms with Crippen LogP contribution in [0.1, 0.15) is 21.7 Å². The Morgan fingerprint density at radius 2 is 1.78 bits per heavy atom. The number of hydrogen-bond donors (Lipinski definition) is 4. The fourth-order valence-corrected chi connectivity index (χ4v) is 3.21. The molecule has 4 aromatic rings. The van der Waals surface area contributed by atoms with E-state index >= 15 is 0 Å². The quantitative estimate of drug-likeness (QED) is 0.357. The molecular weight excluding hydrogens is 411 g/mol. The maximum Gasteiger partial charge on any atom is 0.287 e. The van der Waals surface area contributed by atoms with E-state index in [4.69, 9.17) is 5.73 Å². The number of carbonyl (C=O) groups is 2. The van der Waals surface area contributed by atoms with E-state index in [1.54, 1.807) is 36.5 Å². The Morgan fingerprint density at radius 3 is 2.50 bits per heavy atom. The molecule has 5 N–H and O–H groups in total. The minimum Gasteiger partial charge on any atom is -0.384 e. The highest BCUT2D eigenvalue weighted by Crippen LogP contribution is 2.11. The number of aromatic nitrogens is 3. The van der Waals surface area contributed by atoms with E-state index < -0.39 is 17.9 Å². The summed E-state index contributed by atoms with van der Waals surface area (Å²) in [4.78, 5) is 37.0. The Morgan fingerprint density at radius 1 is 1.03 bits per heavy atom. The lowest BCUT2D eigenvalue weighted by atomic mass is 10.0. The van der Waals surface area contributed by atoms with Gasteiger partial charge in [-0.3, -0.25) is 9.59 Å². The summed E-state index contributed by atoms with van der Waals surface area (Å²) in [5.41, 5.74) is 8.41. The van der Waals surface area contributed by atoms with Crippen molar-refractivity contribution in [2.45, 2.75) is 19.0 Å². The number of imidazole rings is 1. The number of anilines is 1. The third-order valence-electron chi connectivity index (χ3n) is 4.89. The molecule has 0 aliphatic carbocycles. The lowest BCUT2D eigenvalue weighted by Crippen LogP contribution is -2.48. The summed E-state index contributed by atoms with van der Waals surface area (Å²) < 4.78 is 13.3. The number of rotatable bonds is 7. The van der Waals surface area contributed by atoms with Gasteiger partial charge in [-0.05, 0) is 41.5 Å². The van der Waals surface area contributed by atoms with E-state index in [1.165, 1.54) is 12.1 Å². The number of amides is 2. The average molecular weight is 432 g/mol. The van der Waals surface area contributed by atoms with E-state index in [1.807, 2.05) is 18.2 Å². The van der Waals surface area contributed by atoms with Gasteiger partial charge in [0, 0.05) is 19.2 Å². The van der Waals surface area contributed by atoms with Gasteiger partial charge in [-0.2, -0.15) is 0 Å². The molecule has 2 aromatic carbocycles. The van der Waals surface area contributed by atoms with Crippen molar-refractivity contribution in [1.82, 2.24) is 25.6 Å². The summed E-state index contributed by atoms with van der Waals surface area (Å²) in [6.07, 6.45) is 1.75. The van der Waals surface area contributed by atoms with E-state index in [0.29, 0.717) is 22.4 Å². The minimum atomic E-state index is -0.900. The summed E-state index contributed by atoms with van der Waals surface area (Å²) >= 11 is 0. The summed E-state index contributed by atoms with van der Waals surface area (Å²) in [6.45, 7) is 0.215. The molecule has 0 radical (unpaired) electrons. The standard InChI is InChI=1S/C23H21FN6O2/c24-16-8-5-14(6-9-16)11-19(22(31)27-13-15-7-10-20(25)26-12-15)30-23(32)21-28-17-3-1-2-4-18(17)29-21/h1-10,12,19H,11,13H2,(H2,25,26)(H,27,31)(H,28,29)(H,30,32)/t19-/m0/s1. The number of halogens is 1. The molecule has 4 rings (SSSR count). The normalized spacial score (nSPS) is 11.8. The zero-order valence-electron chi connectivity index (χ0n) is 17.0. The number of carbonyl (C=O) groups excluding carboxylic acids is 2. The van der Waals surface area contributed by atoms with Crippen molar-refractivity contribution in [2.24, 2.45) is 0 Å². The van der Waals surface area contributed by atoms with Crippen molar-refractivity contribution in [2.75, 3.05) is 5.73 Å². The molecule has 0 saturated carbocycles. The molecule has 32 heavy (non-hydrogen) atoms. The predicted octanol–water partition coefficient (Wildman–Crippen LogP) is 2.34. The van der Waals surface area contributed by atoms with Gasteiger partial charge in [0.15, 0.2) is 5.82 Å². The first-order chi connectivity index (χ1) is 15.5. The smallest absolute Gasteiger partial charge is 0.287 e. The number of hydrogen-bond acceptors (Lipinski definition) is 5. The number of H-pyrrole nitrogens is 1. The number of para-hydroxylation sites is 2. The number of aromatic amines is 1. The molecule has 2 amide bonds. The van der Waals surface area contributed by atoms with Crippen LogP contribution < -0.4 is 16.4 Å². The lowest BCUT2D eigenvalue weighted by molar-refractivity contribution is -0.123. The Hall–Kier alpha value is -4.27. The van der Waals surface area contributed by atoms with Crippen molar-refractivity contribution in [1.29, 1.82) is 0 Å². The summed E-state index contributed by atoms with van der Waals surface area (Å²) in [5.74, 6) is -0.802. The molecule has 0 bridgehead atoms.